The van der Waals surface area contributed by atoms with Crippen LogP contribution in [0.1, 0.15) is 22.5 Å². The molecule has 0 spiro atoms. The lowest BCUT2D eigenvalue weighted by molar-refractivity contribution is -0.392. The van der Waals surface area contributed by atoms with Crippen LogP contribution in [-0.4, -0.2) is 23.0 Å². The van der Waals surface area contributed by atoms with Crippen LogP contribution in [-0.2, 0) is 4.74 Å². The number of carbonyl (C=O) groups excluding carboxylic acids is 1. The second-order valence-electron chi connectivity index (χ2n) is 2.78. The SMILES string of the molecule is COC(=O)c1cc(F)c([N+](=O)[O-])nc1C(F)F. The maximum absolute atomic E-state index is 13.1. The number of alkyl halides is 2. The van der Waals surface area contributed by atoms with Gasteiger partial charge in [-0.1, -0.05) is 0 Å². The number of methoxy groups -OCH3 is 1. The first-order chi connectivity index (χ1) is 7.88. The third-order valence-corrected chi connectivity index (χ3v) is 1.77. The fraction of sp³-hybridized carbons (Fsp3) is 0.250. The van der Waals surface area contributed by atoms with Crippen molar-refractivity contribution in [3.05, 3.63) is 33.3 Å². The summed E-state index contributed by atoms with van der Waals surface area (Å²) in [4.78, 5) is 22.9. The van der Waals surface area contributed by atoms with Gasteiger partial charge in [0.25, 0.3) is 0 Å². The molecule has 1 rings (SSSR count). The molecule has 0 aliphatic rings. The predicted octanol–water partition coefficient (Wildman–Crippen LogP) is 1.85. The number of halogens is 3. The minimum Gasteiger partial charge on any atom is -0.465 e. The Hall–Kier alpha value is -2.19. The van der Waals surface area contributed by atoms with Crippen molar-refractivity contribution in [3.63, 3.8) is 0 Å². The van der Waals surface area contributed by atoms with E-state index in [2.05, 4.69) is 9.72 Å². The largest absolute Gasteiger partial charge is 0.465 e. The van der Waals surface area contributed by atoms with Gasteiger partial charge in [-0.05, 0) is 9.91 Å². The summed E-state index contributed by atoms with van der Waals surface area (Å²) in [6.45, 7) is 0. The smallest absolute Gasteiger partial charge is 0.400 e. The maximum atomic E-state index is 13.1. The van der Waals surface area contributed by atoms with Gasteiger partial charge in [-0.15, -0.1) is 0 Å². The zero-order valence-corrected chi connectivity index (χ0v) is 8.32. The molecule has 17 heavy (non-hydrogen) atoms. The molecular formula is C8H5F3N2O4. The van der Waals surface area contributed by atoms with Gasteiger partial charge in [0.05, 0.1) is 7.11 Å². The monoisotopic (exact) mass is 250 g/mol. The van der Waals surface area contributed by atoms with Gasteiger partial charge in [-0.25, -0.2) is 13.6 Å². The Morgan fingerprint density at radius 2 is 2.18 bits per heavy atom. The first kappa shape index (κ1) is 12.9. The second kappa shape index (κ2) is 4.76. The van der Waals surface area contributed by atoms with Crippen molar-refractivity contribution in [3.8, 4) is 0 Å². The number of hydrogen-bond donors (Lipinski definition) is 0. The van der Waals surface area contributed by atoms with Gasteiger partial charge < -0.3 is 14.9 Å². The lowest BCUT2D eigenvalue weighted by Crippen LogP contribution is -2.11. The molecule has 1 heterocycles. The van der Waals surface area contributed by atoms with Crippen LogP contribution in [0.4, 0.5) is 19.0 Å². The second-order valence-corrected chi connectivity index (χ2v) is 2.78. The molecule has 0 aliphatic heterocycles. The van der Waals surface area contributed by atoms with Gasteiger partial charge in [0.2, 0.25) is 11.5 Å². The number of rotatable bonds is 3. The molecule has 0 aliphatic carbocycles. The van der Waals surface area contributed by atoms with Gasteiger partial charge in [0.1, 0.15) is 5.56 Å². The van der Waals surface area contributed by atoms with Gasteiger partial charge in [0.15, 0.2) is 0 Å². The Morgan fingerprint density at radius 3 is 2.59 bits per heavy atom. The molecule has 9 heteroatoms. The highest BCUT2D eigenvalue weighted by molar-refractivity contribution is 5.90. The highest BCUT2D eigenvalue weighted by atomic mass is 19.3. The molecular weight excluding hydrogens is 245 g/mol. The van der Waals surface area contributed by atoms with E-state index in [9.17, 15) is 28.1 Å². The first-order valence-electron chi connectivity index (χ1n) is 4.09. The van der Waals surface area contributed by atoms with E-state index in [0.29, 0.717) is 6.07 Å². The Bertz CT molecular complexity index is 478. The van der Waals surface area contributed by atoms with E-state index in [0.717, 1.165) is 7.11 Å². The number of ether oxygens (including phenoxy) is 1. The summed E-state index contributed by atoms with van der Waals surface area (Å²) >= 11 is 0. The number of aromatic nitrogens is 1. The highest BCUT2D eigenvalue weighted by Crippen LogP contribution is 2.26. The van der Waals surface area contributed by atoms with E-state index in [1.54, 1.807) is 0 Å². The number of nitrogens with zero attached hydrogens (tertiary/aromatic N) is 2. The summed E-state index contributed by atoms with van der Waals surface area (Å²) < 4.78 is 42.2. The van der Waals surface area contributed by atoms with E-state index in [1.807, 2.05) is 0 Å². The third kappa shape index (κ3) is 2.49. The lowest BCUT2D eigenvalue weighted by atomic mass is 10.2. The van der Waals surface area contributed by atoms with Gasteiger partial charge in [-0.3, -0.25) is 0 Å². The summed E-state index contributed by atoms with van der Waals surface area (Å²) in [6.07, 6.45) is -3.26. The molecule has 0 bridgehead atoms. The van der Waals surface area contributed by atoms with Crippen LogP contribution in [0.25, 0.3) is 0 Å². The minimum atomic E-state index is -3.26. The van der Waals surface area contributed by atoms with Gasteiger partial charge in [0, 0.05) is 6.07 Å². The topological polar surface area (TPSA) is 82.3 Å². The average molecular weight is 250 g/mol. The summed E-state index contributed by atoms with van der Waals surface area (Å²) in [5, 5.41) is 10.3. The van der Waals surface area contributed by atoms with E-state index < -0.39 is 40.2 Å². The molecule has 1 aromatic rings. The molecule has 0 fully saturated rings. The van der Waals surface area contributed by atoms with Gasteiger partial charge >= 0.3 is 18.2 Å². The first-order valence-corrected chi connectivity index (χ1v) is 4.09. The predicted molar refractivity (Wildman–Crippen MR) is 47.1 cm³/mol. The fourth-order valence-electron chi connectivity index (χ4n) is 1.06. The highest BCUT2D eigenvalue weighted by Gasteiger charge is 2.31. The van der Waals surface area contributed by atoms with Crippen molar-refractivity contribution < 1.29 is 27.6 Å². The fourth-order valence-corrected chi connectivity index (χ4v) is 1.06. The van der Waals surface area contributed by atoms with Crippen molar-refractivity contribution >= 4 is 11.8 Å². The van der Waals surface area contributed by atoms with E-state index in [1.165, 1.54) is 0 Å². The average Bonchev–Trinajstić information content (AvgIpc) is 2.26. The van der Waals surface area contributed by atoms with E-state index >= 15 is 0 Å². The Labute approximate surface area is 92.2 Å². The number of nitro groups is 1. The van der Waals surface area contributed by atoms with Crippen molar-refractivity contribution in [2.24, 2.45) is 0 Å². The molecule has 0 radical (unpaired) electrons. The van der Waals surface area contributed by atoms with Crippen LogP contribution in [0.2, 0.25) is 0 Å². The van der Waals surface area contributed by atoms with Crippen LogP contribution in [0.5, 0.6) is 0 Å². The molecule has 6 nitrogen and oxygen atoms in total. The molecule has 0 atom stereocenters. The van der Waals surface area contributed by atoms with Crippen molar-refractivity contribution in [2.75, 3.05) is 7.11 Å². The molecule has 0 amide bonds. The molecule has 0 aromatic carbocycles. The molecule has 1 aromatic heterocycles. The van der Waals surface area contributed by atoms with E-state index in [4.69, 9.17) is 0 Å². The Balaban J connectivity index is 3.46. The normalized spacial score (nSPS) is 10.4. The van der Waals surface area contributed by atoms with Crippen molar-refractivity contribution in [1.82, 2.24) is 4.98 Å². The molecule has 0 saturated heterocycles. The third-order valence-electron chi connectivity index (χ3n) is 1.77. The van der Waals surface area contributed by atoms with Crippen LogP contribution >= 0.6 is 0 Å². The Kier molecular flexibility index (Phi) is 3.61. The van der Waals surface area contributed by atoms with Crippen LogP contribution in [0.15, 0.2) is 6.07 Å². The molecule has 92 valence electrons. The zero-order valence-electron chi connectivity index (χ0n) is 8.32. The lowest BCUT2D eigenvalue weighted by Gasteiger charge is -2.03. The standard InChI is InChI=1S/C8H5F3N2O4/c1-17-8(14)3-2-4(9)7(13(15)16)12-5(3)6(10)11/h2,6H,1H3. The minimum absolute atomic E-state index is 0.304. The summed E-state index contributed by atoms with van der Waals surface area (Å²) in [7, 11) is 0.900. The quantitative estimate of drug-likeness (QED) is 0.464. The molecule has 0 unspecified atom stereocenters. The number of carbonyl (C=O) groups is 1. The van der Waals surface area contributed by atoms with Crippen LogP contribution in [0.3, 0.4) is 0 Å². The summed E-state index contributed by atoms with van der Waals surface area (Å²) in [5.74, 6) is -4.10. The van der Waals surface area contributed by atoms with Crippen molar-refractivity contribution in [2.45, 2.75) is 6.43 Å². The van der Waals surface area contributed by atoms with Crippen molar-refractivity contribution in [1.29, 1.82) is 0 Å². The summed E-state index contributed by atoms with van der Waals surface area (Å²) in [5.41, 5.74) is -2.03. The Morgan fingerprint density at radius 1 is 1.59 bits per heavy atom. The van der Waals surface area contributed by atoms with E-state index in [-0.39, 0.29) is 0 Å². The van der Waals surface area contributed by atoms with Gasteiger partial charge in [-0.2, -0.15) is 4.39 Å². The number of hydrogen-bond acceptors (Lipinski definition) is 5. The number of pyridine rings is 1. The van der Waals surface area contributed by atoms with Crippen LogP contribution < -0.4 is 0 Å². The molecule has 0 N–H and O–H groups in total. The van der Waals surface area contributed by atoms with Crippen LogP contribution in [0, 0.1) is 15.9 Å². The summed E-state index contributed by atoms with van der Waals surface area (Å²) in [6, 6.07) is 0.304. The molecule has 0 saturated carbocycles. The maximum Gasteiger partial charge on any atom is 0.400 e. The zero-order chi connectivity index (χ0) is 13.2. The number of esters is 1.